The van der Waals surface area contributed by atoms with Gasteiger partial charge in [0.25, 0.3) is 0 Å². The van der Waals surface area contributed by atoms with E-state index >= 15 is 0 Å². The lowest BCUT2D eigenvalue weighted by atomic mass is 10.1. The van der Waals surface area contributed by atoms with Crippen LogP contribution in [0.2, 0.25) is 0 Å². The van der Waals surface area contributed by atoms with Crippen LogP contribution in [0.15, 0.2) is 35.4 Å². The third kappa shape index (κ3) is 3.25. The van der Waals surface area contributed by atoms with Gasteiger partial charge in [-0.2, -0.15) is 8.42 Å². The highest BCUT2D eigenvalue weighted by molar-refractivity contribution is 7.87. The van der Waals surface area contributed by atoms with E-state index in [-0.39, 0.29) is 16.3 Å². The van der Waals surface area contributed by atoms with Gasteiger partial charge >= 0.3 is 16.1 Å². The van der Waals surface area contributed by atoms with Gasteiger partial charge in [0, 0.05) is 12.3 Å². The van der Waals surface area contributed by atoms with Gasteiger partial charge in [0.1, 0.15) is 4.90 Å². The molecule has 0 aliphatic heterocycles. The minimum atomic E-state index is -4.03. The van der Waals surface area contributed by atoms with E-state index in [1.54, 1.807) is 26.0 Å². The van der Waals surface area contributed by atoms with Crippen molar-refractivity contribution in [2.45, 2.75) is 25.7 Å². The number of carboxylic acid groups (broad SMARTS) is 1. The molecule has 0 unspecified atom stereocenters. The Morgan fingerprint density at radius 3 is 2.18 bits per heavy atom. The Bertz CT molecular complexity index is 803. The summed E-state index contributed by atoms with van der Waals surface area (Å²) in [6.45, 7) is 5.26. The topological polar surface area (TPSA) is 93.6 Å². The molecule has 1 aromatic heterocycles. The van der Waals surface area contributed by atoms with Crippen molar-refractivity contribution < 1.29 is 22.5 Å². The summed E-state index contributed by atoms with van der Waals surface area (Å²) in [6, 6.07) is 5.95. The summed E-state index contributed by atoms with van der Waals surface area (Å²) in [4.78, 5) is 14.5. The van der Waals surface area contributed by atoms with Gasteiger partial charge < -0.3 is 9.29 Å². The summed E-state index contributed by atoms with van der Waals surface area (Å²) < 4.78 is 29.8. The number of aromatic nitrogens is 1. The molecule has 0 radical (unpaired) electrons. The molecule has 0 atom stereocenters. The molecule has 1 heterocycles. The van der Waals surface area contributed by atoms with Crippen molar-refractivity contribution in [2.75, 3.05) is 0 Å². The highest BCUT2D eigenvalue weighted by Crippen LogP contribution is 2.24. The Labute approximate surface area is 128 Å². The Balaban J connectivity index is 2.38. The van der Waals surface area contributed by atoms with Crippen LogP contribution in [0.25, 0.3) is 0 Å². The van der Waals surface area contributed by atoms with Crippen molar-refractivity contribution in [1.82, 2.24) is 4.98 Å². The third-order valence-corrected chi connectivity index (χ3v) is 4.57. The van der Waals surface area contributed by atoms with Crippen molar-refractivity contribution in [3.63, 3.8) is 0 Å². The Hall–Kier alpha value is -2.41. The zero-order chi connectivity index (χ0) is 16.5. The molecule has 2 rings (SSSR count). The number of pyridine rings is 1. The number of carboxylic acids is 1. The smallest absolute Gasteiger partial charge is 0.341 e. The molecule has 0 aliphatic carbocycles. The van der Waals surface area contributed by atoms with Crippen LogP contribution in [0.5, 0.6) is 5.88 Å². The minimum Gasteiger partial charge on any atom is -0.478 e. The van der Waals surface area contributed by atoms with E-state index in [1.165, 1.54) is 12.1 Å². The van der Waals surface area contributed by atoms with Gasteiger partial charge in [-0.1, -0.05) is 17.7 Å². The number of rotatable bonds is 4. The fourth-order valence-electron chi connectivity index (χ4n) is 2.27. The molecule has 22 heavy (non-hydrogen) atoms. The van der Waals surface area contributed by atoms with E-state index < -0.39 is 16.1 Å². The summed E-state index contributed by atoms with van der Waals surface area (Å²) >= 11 is 0. The molecule has 0 fully saturated rings. The molecule has 0 saturated carbocycles. The first-order chi connectivity index (χ1) is 10.2. The molecule has 1 aromatic carbocycles. The number of aryl methyl sites for hydroxylation is 3. The monoisotopic (exact) mass is 321 g/mol. The molecule has 6 nitrogen and oxygen atoms in total. The fourth-order valence-corrected chi connectivity index (χ4v) is 3.58. The highest BCUT2D eigenvalue weighted by atomic mass is 32.2. The lowest BCUT2D eigenvalue weighted by Gasteiger charge is -2.12. The molecular formula is C15H15NO5S. The standard InChI is InChI=1S/C15H15NO5S/c1-9-6-10(2)14(11(3)7-9)22(19,20)21-13-5-4-12(8-16-13)15(17)18/h4-8H,1-3H3,(H,17,18). The van der Waals surface area contributed by atoms with Crippen LogP contribution in [-0.4, -0.2) is 24.5 Å². The molecule has 0 saturated heterocycles. The van der Waals surface area contributed by atoms with Gasteiger partial charge in [-0.05, 0) is 38.0 Å². The van der Waals surface area contributed by atoms with Gasteiger partial charge in [-0.25, -0.2) is 9.78 Å². The number of carbonyl (C=O) groups is 1. The molecule has 0 amide bonds. The first-order valence-electron chi connectivity index (χ1n) is 6.42. The average Bonchev–Trinajstić information content (AvgIpc) is 2.36. The largest absolute Gasteiger partial charge is 0.478 e. The van der Waals surface area contributed by atoms with Gasteiger partial charge in [0.15, 0.2) is 0 Å². The maximum absolute atomic E-state index is 12.4. The summed E-state index contributed by atoms with van der Waals surface area (Å²) in [5.41, 5.74) is 2.07. The van der Waals surface area contributed by atoms with Gasteiger partial charge in [-0.3, -0.25) is 0 Å². The van der Waals surface area contributed by atoms with E-state index in [1.807, 2.05) is 6.92 Å². The van der Waals surface area contributed by atoms with Crippen molar-refractivity contribution in [1.29, 1.82) is 0 Å². The predicted octanol–water partition coefficient (Wildman–Crippen LogP) is 2.47. The number of hydrogen-bond acceptors (Lipinski definition) is 5. The van der Waals surface area contributed by atoms with E-state index in [9.17, 15) is 13.2 Å². The molecule has 7 heteroatoms. The maximum atomic E-state index is 12.4. The van der Waals surface area contributed by atoms with Crippen LogP contribution in [0.1, 0.15) is 27.0 Å². The third-order valence-electron chi connectivity index (χ3n) is 3.03. The van der Waals surface area contributed by atoms with Crippen LogP contribution < -0.4 is 4.18 Å². The number of aromatic carboxylic acids is 1. The van der Waals surface area contributed by atoms with Gasteiger partial charge in [0.05, 0.1) is 5.56 Å². The fraction of sp³-hybridized carbons (Fsp3) is 0.200. The van der Waals surface area contributed by atoms with Crippen LogP contribution in [0, 0.1) is 20.8 Å². The normalized spacial score (nSPS) is 11.2. The molecule has 0 spiro atoms. The lowest BCUT2D eigenvalue weighted by Crippen LogP contribution is -2.14. The minimum absolute atomic E-state index is 0.0487. The number of hydrogen-bond donors (Lipinski definition) is 1. The summed E-state index contributed by atoms with van der Waals surface area (Å²) in [5, 5.41) is 8.79. The van der Waals surface area contributed by atoms with E-state index in [0.29, 0.717) is 11.1 Å². The first-order valence-corrected chi connectivity index (χ1v) is 7.83. The zero-order valence-electron chi connectivity index (χ0n) is 12.3. The van der Waals surface area contributed by atoms with Gasteiger partial charge in [0.2, 0.25) is 5.88 Å². The Morgan fingerprint density at radius 1 is 1.14 bits per heavy atom. The van der Waals surface area contributed by atoms with E-state index in [2.05, 4.69) is 4.98 Å². The molecule has 2 aromatic rings. The SMILES string of the molecule is Cc1cc(C)c(S(=O)(=O)Oc2ccc(C(=O)O)cn2)c(C)c1. The van der Waals surface area contributed by atoms with Crippen LogP contribution in [-0.2, 0) is 10.1 Å². The quantitative estimate of drug-likeness (QED) is 0.869. The van der Waals surface area contributed by atoms with Crippen molar-refractivity contribution >= 4 is 16.1 Å². The number of benzene rings is 1. The zero-order valence-corrected chi connectivity index (χ0v) is 13.1. The van der Waals surface area contributed by atoms with Crippen LogP contribution in [0.3, 0.4) is 0 Å². The van der Waals surface area contributed by atoms with Crippen LogP contribution in [0.4, 0.5) is 0 Å². The molecule has 0 aliphatic rings. The van der Waals surface area contributed by atoms with Crippen molar-refractivity contribution in [3.8, 4) is 5.88 Å². The lowest BCUT2D eigenvalue weighted by molar-refractivity contribution is 0.0696. The second-order valence-corrected chi connectivity index (χ2v) is 6.44. The molecule has 1 N–H and O–H groups in total. The maximum Gasteiger partial charge on any atom is 0.341 e. The number of nitrogens with zero attached hydrogens (tertiary/aromatic N) is 1. The Kier molecular flexibility index (Phi) is 4.18. The Morgan fingerprint density at radius 2 is 1.73 bits per heavy atom. The predicted molar refractivity (Wildman–Crippen MR) is 79.7 cm³/mol. The molecular weight excluding hydrogens is 306 g/mol. The van der Waals surface area contributed by atoms with Gasteiger partial charge in [-0.15, -0.1) is 0 Å². The molecule has 116 valence electrons. The first kappa shape index (κ1) is 16.0. The summed E-state index contributed by atoms with van der Waals surface area (Å²) in [7, 11) is -4.03. The average molecular weight is 321 g/mol. The van der Waals surface area contributed by atoms with E-state index in [4.69, 9.17) is 9.29 Å². The van der Waals surface area contributed by atoms with E-state index in [0.717, 1.165) is 11.8 Å². The second kappa shape index (κ2) is 5.76. The highest BCUT2D eigenvalue weighted by Gasteiger charge is 2.22. The van der Waals surface area contributed by atoms with Crippen LogP contribution >= 0.6 is 0 Å². The second-order valence-electron chi connectivity index (χ2n) is 4.96. The van der Waals surface area contributed by atoms with Crippen molar-refractivity contribution in [2.24, 2.45) is 0 Å². The molecule has 0 bridgehead atoms. The summed E-state index contributed by atoms with van der Waals surface area (Å²) in [5.74, 6) is -1.32. The summed E-state index contributed by atoms with van der Waals surface area (Å²) in [6.07, 6.45) is 1.04. The van der Waals surface area contributed by atoms with Crippen molar-refractivity contribution in [3.05, 3.63) is 52.7 Å².